The molecule has 20 heavy (non-hydrogen) atoms. The van der Waals surface area contributed by atoms with Crippen LogP contribution in [0.2, 0.25) is 0 Å². The lowest BCUT2D eigenvalue weighted by Crippen LogP contribution is -2.43. The van der Waals surface area contributed by atoms with Crippen molar-refractivity contribution in [2.75, 3.05) is 13.6 Å². The number of hydrogen-bond donors (Lipinski definition) is 1. The average molecular weight is 297 g/mol. The fraction of sp³-hybridized carbons (Fsp3) is 0.765. The molecule has 0 aliphatic heterocycles. The molecule has 2 atom stereocenters. The van der Waals surface area contributed by atoms with Crippen molar-refractivity contribution in [1.29, 1.82) is 0 Å². The van der Waals surface area contributed by atoms with Crippen LogP contribution in [-0.2, 0) is 5.41 Å². The first-order chi connectivity index (χ1) is 8.98. The molecule has 0 bridgehead atoms. The van der Waals surface area contributed by atoms with Crippen molar-refractivity contribution >= 4 is 11.3 Å². The van der Waals surface area contributed by atoms with E-state index in [1.54, 1.807) is 0 Å². The molecule has 0 aromatic carbocycles. The smallest absolute Gasteiger partial charge is 0.0564 e. The van der Waals surface area contributed by atoms with Gasteiger partial charge in [-0.15, -0.1) is 11.3 Å². The van der Waals surface area contributed by atoms with Gasteiger partial charge in [0.15, 0.2) is 0 Å². The van der Waals surface area contributed by atoms with Gasteiger partial charge in [-0.25, -0.2) is 0 Å². The first kappa shape index (κ1) is 17.7. The summed E-state index contributed by atoms with van der Waals surface area (Å²) in [4.78, 5) is 5.25. The Bertz CT molecular complexity index is 423. The van der Waals surface area contributed by atoms with Crippen molar-refractivity contribution in [3.05, 3.63) is 21.9 Å². The molecule has 0 saturated carbocycles. The highest BCUT2D eigenvalue weighted by Gasteiger charge is 2.30. The highest BCUT2D eigenvalue weighted by atomic mass is 32.1. The van der Waals surface area contributed by atoms with Crippen LogP contribution in [0.4, 0.5) is 0 Å². The van der Waals surface area contributed by atoms with Crippen LogP contribution < -0.4 is 5.73 Å². The highest BCUT2D eigenvalue weighted by molar-refractivity contribution is 7.12. The van der Waals surface area contributed by atoms with E-state index in [1.165, 1.54) is 9.75 Å². The van der Waals surface area contributed by atoms with Gasteiger partial charge in [-0.3, -0.25) is 4.90 Å². The van der Waals surface area contributed by atoms with E-state index in [2.05, 4.69) is 72.5 Å². The second-order valence-corrected chi connectivity index (χ2v) is 9.03. The van der Waals surface area contributed by atoms with Gasteiger partial charge in [0.05, 0.1) is 6.04 Å². The van der Waals surface area contributed by atoms with Gasteiger partial charge in [-0.1, -0.05) is 41.5 Å². The van der Waals surface area contributed by atoms with Crippen LogP contribution >= 0.6 is 11.3 Å². The molecule has 2 nitrogen and oxygen atoms in total. The van der Waals surface area contributed by atoms with Gasteiger partial charge >= 0.3 is 0 Å². The van der Waals surface area contributed by atoms with Crippen molar-refractivity contribution in [1.82, 2.24) is 4.90 Å². The Kier molecular flexibility index (Phi) is 5.45. The van der Waals surface area contributed by atoms with E-state index in [-0.39, 0.29) is 10.8 Å². The first-order valence-electron chi connectivity index (χ1n) is 7.50. The summed E-state index contributed by atoms with van der Waals surface area (Å²) >= 11 is 1.91. The Hall–Kier alpha value is -0.380. The minimum absolute atomic E-state index is 0.219. The third-order valence-corrected chi connectivity index (χ3v) is 5.89. The summed E-state index contributed by atoms with van der Waals surface area (Å²) in [7, 11) is 2.20. The van der Waals surface area contributed by atoms with E-state index >= 15 is 0 Å². The number of thiophene rings is 1. The van der Waals surface area contributed by atoms with E-state index in [0.29, 0.717) is 18.6 Å². The molecule has 116 valence electrons. The summed E-state index contributed by atoms with van der Waals surface area (Å²) in [6.45, 7) is 16.6. The maximum atomic E-state index is 6.07. The molecule has 0 radical (unpaired) electrons. The summed E-state index contributed by atoms with van der Waals surface area (Å²) in [5.41, 5.74) is 6.54. The van der Waals surface area contributed by atoms with Gasteiger partial charge in [0.2, 0.25) is 0 Å². The van der Waals surface area contributed by atoms with Crippen LogP contribution in [0.1, 0.15) is 64.3 Å². The summed E-state index contributed by atoms with van der Waals surface area (Å²) in [6, 6.07) is 5.31. The largest absolute Gasteiger partial charge is 0.329 e. The Morgan fingerprint density at radius 3 is 2.05 bits per heavy atom. The minimum Gasteiger partial charge on any atom is -0.329 e. The van der Waals surface area contributed by atoms with Gasteiger partial charge in [0.25, 0.3) is 0 Å². The van der Waals surface area contributed by atoms with Crippen LogP contribution in [0.15, 0.2) is 12.1 Å². The molecule has 0 fully saturated rings. The fourth-order valence-electron chi connectivity index (χ4n) is 2.30. The van der Waals surface area contributed by atoms with Gasteiger partial charge in [-0.05, 0) is 36.9 Å². The van der Waals surface area contributed by atoms with Gasteiger partial charge in [0.1, 0.15) is 0 Å². The molecule has 0 amide bonds. The van der Waals surface area contributed by atoms with Crippen LogP contribution in [0.5, 0.6) is 0 Å². The minimum atomic E-state index is 0.219. The Morgan fingerprint density at radius 2 is 1.70 bits per heavy atom. The van der Waals surface area contributed by atoms with Crippen LogP contribution in [-0.4, -0.2) is 24.5 Å². The molecule has 0 aliphatic rings. The number of nitrogens with two attached hydrogens (primary N) is 1. The Morgan fingerprint density at radius 1 is 1.15 bits per heavy atom. The maximum absolute atomic E-state index is 6.07. The Balaban J connectivity index is 2.99. The number of nitrogens with zero attached hydrogens (tertiary/aromatic N) is 1. The molecular weight excluding hydrogens is 264 g/mol. The van der Waals surface area contributed by atoms with Crippen molar-refractivity contribution in [3.8, 4) is 0 Å². The quantitative estimate of drug-likeness (QED) is 0.891. The first-order valence-corrected chi connectivity index (χ1v) is 8.32. The average Bonchev–Trinajstić information content (AvgIpc) is 2.76. The summed E-state index contributed by atoms with van der Waals surface area (Å²) in [5.74, 6) is 0. The van der Waals surface area contributed by atoms with Gasteiger partial charge in [-0.2, -0.15) is 0 Å². The molecule has 0 spiro atoms. The van der Waals surface area contributed by atoms with Crippen molar-refractivity contribution < 1.29 is 0 Å². The van der Waals surface area contributed by atoms with Crippen LogP contribution in [0, 0.1) is 5.41 Å². The van der Waals surface area contributed by atoms with E-state index in [1.807, 2.05) is 11.3 Å². The molecule has 1 aromatic rings. The van der Waals surface area contributed by atoms with Gasteiger partial charge in [0, 0.05) is 22.3 Å². The van der Waals surface area contributed by atoms with E-state index in [0.717, 1.165) is 0 Å². The topological polar surface area (TPSA) is 29.3 Å². The molecule has 1 aromatic heterocycles. The molecule has 3 heteroatoms. The van der Waals surface area contributed by atoms with Crippen molar-refractivity contribution in [2.45, 2.75) is 66.0 Å². The molecular formula is C17H32N2S. The lowest BCUT2D eigenvalue weighted by molar-refractivity contribution is 0.102. The fourth-order valence-corrected chi connectivity index (χ4v) is 3.53. The predicted molar refractivity (Wildman–Crippen MR) is 91.5 cm³/mol. The molecule has 1 heterocycles. The van der Waals surface area contributed by atoms with Crippen molar-refractivity contribution in [2.24, 2.45) is 11.1 Å². The predicted octanol–water partition coefficient (Wildman–Crippen LogP) is 4.41. The third-order valence-electron chi connectivity index (χ3n) is 4.27. The second-order valence-electron chi connectivity index (χ2n) is 7.91. The lowest BCUT2D eigenvalue weighted by atomic mass is 9.86. The Labute approximate surface area is 129 Å². The van der Waals surface area contributed by atoms with Gasteiger partial charge < -0.3 is 5.73 Å². The number of hydrogen-bond acceptors (Lipinski definition) is 3. The van der Waals surface area contributed by atoms with Crippen LogP contribution in [0.3, 0.4) is 0 Å². The number of likely N-dealkylation sites (N-methyl/N-ethyl adjacent to an activating group) is 1. The zero-order valence-corrected chi connectivity index (χ0v) is 15.3. The second kappa shape index (κ2) is 6.17. The number of rotatable bonds is 4. The van der Waals surface area contributed by atoms with E-state index in [4.69, 9.17) is 5.73 Å². The highest BCUT2D eigenvalue weighted by Crippen LogP contribution is 2.36. The summed E-state index contributed by atoms with van der Waals surface area (Å²) in [5, 5.41) is 0. The van der Waals surface area contributed by atoms with Crippen molar-refractivity contribution in [3.63, 3.8) is 0 Å². The summed E-state index contributed by atoms with van der Waals surface area (Å²) < 4.78 is 0. The molecule has 0 saturated heterocycles. The molecule has 0 aliphatic carbocycles. The zero-order valence-electron chi connectivity index (χ0n) is 14.4. The molecule has 1 rings (SSSR count). The van der Waals surface area contributed by atoms with E-state index in [9.17, 15) is 0 Å². The molecule has 2 N–H and O–H groups in total. The summed E-state index contributed by atoms with van der Waals surface area (Å²) in [6.07, 6.45) is 0. The standard InChI is InChI=1S/C17H32N2S/c1-12(16(2,3)4)19(8)13(11-18)14-9-10-15(20-14)17(5,6)7/h9-10,12-13H,11,18H2,1-8H3. The molecule has 2 unspecified atom stereocenters. The monoisotopic (exact) mass is 296 g/mol. The van der Waals surface area contributed by atoms with E-state index < -0.39 is 0 Å². The SMILES string of the molecule is CC(N(C)C(CN)c1ccc(C(C)(C)C)s1)C(C)(C)C. The zero-order chi connectivity index (χ0) is 15.7. The normalized spacial score (nSPS) is 16.5. The lowest BCUT2D eigenvalue weighted by Gasteiger charge is -2.39. The van der Waals surface area contributed by atoms with Crippen LogP contribution in [0.25, 0.3) is 0 Å². The maximum Gasteiger partial charge on any atom is 0.0564 e. The third kappa shape index (κ3) is 4.06.